The molecule has 2 heteroatoms. The van der Waals surface area contributed by atoms with Crippen molar-refractivity contribution in [1.82, 2.24) is 0 Å². The zero-order chi connectivity index (χ0) is 11.2. The van der Waals surface area contributed by atoms with Crippen molar-refractivity contribution in [2.24, 2.45) is 11.7 Å². The Bertz CT molecular complexity index is 293. The molecule has 2 N–H and O–H groups in total. The average molecular weight is 219 g/mol. The number of rotatable bonds is 4. The fraction of sp³-hybridized carbons (Fsp3) is 0.571. The molecular formula is C14H21NO. The van der Waals surface area contributed by atoms with Crippen LogP contribution in [0.2, 0.25) is 0 Å². The Balaban J connectivity index is 1.77. The van der Waals surface area contributed by atoms with Gasteiger partial charge in [0.1, 0.15) is 0 Å². The molecule has 0 saturated carbocycles. The lowest BCUT2D eigenvalue weighted by Crippen LogP contribution is -2.18. The minimum absolute atomic E-state index is 0.198. The van der Waals surface area contributed by atoms with E-state index in [4.69, 9.17) is 10.5 Å². The molecule has 1 aliphatic rings. The predicted octanol–water partition coefficient (Wildman–Crippen LogP) is 2.89. The second kappa shape index (κ2) is 6.02. The maximum atomic E-state index is 6.18. The molecule has 1 aliphatic heterocycles. The highest BCUT2D eigenvalue weighted by molar-refractivity contribution is 5.18. The van der Waals surface area contributed by atoms with E-state index in [1.165, 1.54) is 24.8 Å². The molecule has 0 amide bonds. The van der Waals surface area contributed by atoms with Gasteiger partial charge in [-0.25, -0.2) is 0 Å². The van der Waals surface area contributed by atoms with Gasteiger partial charge in [-0.1, -0.05) is 30.3 Å². The van der Waals surface area contributed by atoms with Crippen LogP contribution in [0.1, 0.15) is 37.3 Å². The lowest BCUT2D eigenvalue weighted by atomic mass is 9.91. The molecule has 2 nitrogen and oxygen atoms in total. The normalized spacial score (nSPS) is 19.6. The lowest BCUT2D eigenvalue weighted by Gasteiger charge is -2.23. The maximum absolute atomic E-state index is 6.18. The third-order valence-corrected chi connectivity index (χ3v) is 3.45. The van der Waals surface area contributed by atoms with Gasteiger partial charge in [0.15, 0.2) is 0 Å². The molecule has 1 saturated heterocycles. The van der Waals surface area contributed by atoms with Crippen LogP contribution < -0.4 is 5.73 Å². The molecule has 0 radical (unpaired) electrons. The second-order valence-electron chi connectivity index (χ2n) is 4.65. The summed E-state index contributed by atoms with van der Waals surface area (Å²) in [5, 5.41) is 0. The third-order valence-electron chi connectivity index (χ3n) is 3.45. The van der Waals surface area contributed by atoms with Gasteiger partial charge >= 0.3 is 0 Å². The molecule has 0 aliphatic carbocycles. The predicted molar refractivity (Wildman–Crippen MR) is 66.1 cm³/mol. The fourth-order valence-electron chi connectivity index (χ4n) is 2.32. The van der Waals surface area contributed by atoms with Gasteiger partial charge in [-0.15, -0.1) is 0 Å². The van der Waals surface area contributed by atoms with Gasteiger partial charge in [0.2, 0.25) is 0 Å². The van der Waals surface area contributed by atoms with E-state index in [1.54, 1.807) is 0 Å². The van der Waals surface area contributed by atoms with Crippen LogP contribution in [0.25, 0.3) is 0 Å². The first-order chi connectivity index (χ1) is 7.86. The summed E-state index contributed by atoms with van der Waals surface area (Å²) in [6.07, 6.45) is 4.75. The van der Waals surface area contributed by atoms with Crippen LogP contribution in [0.4, 0.5) is 0 Å². The highest BCUT2D eigenvalue weighted by Crippen LogP contribution is 2.24. The van der Waals surface area contributed by atoms with E-state index >= 15 is 0 Å². The highest BCUT2D eigenvalue weighted by atomic mass is 16.5. The Morgan fingerprint density at radius 3 is 2.56 bits per heavy atom. The zero-order valence-electron chi connectivity index (χ0n) is 9.77. The highest BCUT2D eigenvalue weighted by Gasteiger charge is 2.15. The standard InChI is InChI=1S/C14H21NO/c15-14(13-4-2-1-3-5-13)7-6-12-8-10-16-11-9-12/h1-5,12,14H,6-11,15H2. The Labute approximate surface area is 97.8 Å². The van der Waals surface area contributed by atoms with Crippen molar-refractivity contribution in [3.8, 4) is 0 Å². The van der Waals surface area contributed by atoms with Crippen molar-refractivity contribution in [2.75, 3.05) is 13.2 Å². The van der Waals surface area contributed by atoms with E-state index in [0.717, 1.165) is 25.6 Å². The van der Waals surface area contributed by atoms with Gasteiger partial charge in [0.05, 0.1) is 0 Å². The average Bonchev–Trinajstić information content (AvgIpc) is 2.38. The number of ether oxygens (including phenoxy) is 1. The number of hydrogen-bond acceptors (Lipinski definition) is 2. The van der Waals surface area contributed by atoms with Crippen molar-refractivity contribution in [2.45, 2.75) is 31.7 Å². The van der Waals surface area contributed by atoms with Gasteiger partial charge in [0.25, 0.3) is 0 Å². The molecule has 88 valence electrons. The molecule has 1 fully saturated rings. The fourth-order valence-corrected chi connectivity index (χ4v) is 2.32. The molecular weight excluding hydrogens is 198 g/mol. The summed E-state index contributed by atoms with van der Waals surface area (Å²) < 4.78 is 5.36. The van der Waals surface area contributed by atoms with E-state index in [2.05, 4.69) is 24.3 Å². The van der Waals surface area contributed by atoms with E-state index in [1.807, 2.05) is 6.07 Å². The largest absolute Gasteiger partial charge is 0.381 e. The van der Waals surface area contributed by atoms with Crippen LogP contribution in [0.5, 0.6) is 0 Å². The molecule has 16 heavy (non-hydrogen) atoms. The number of hydrogen-bond donors (Lipinski definition) is 1. The van der Waals surface area contributed by atoms with Gasteiger partial charge in [-0.3, -0.25) is 0 Å². The quantitative estimate of drug-likeness (QED) is 0.845. The summed E-state index contributed by atoms with van der Waals surface area (Å²) in [4.78, 5) is 0. The van der Waals surface area contributed by atoms with E-state index < -0.39 is 0 Å². The summed E-state index contributed by atoms with van der Waals surface area (Å²) in [6.45, 7) is 1.87. The maximum Gasteiger partial charge on any atom is 0.0468 e. The Hall–Kier alpha value is -0.860. The van der Waals surface area contributed by atoms with E-state index in [0.29, 0.717) is 0 Å². The molecule has 1 heterocycles. The first-order valence-corrected chi connectivity index (χ1v) is 6.24. The summed E-state index contributed by atoms with van der Waals surface area (Å²) in [6, 6.07) is 10.6. The van der Waals surface area contributed by atoms with Crippen molar-refractivity contribution in [3.63, 3.8) is 0 Å². The summed E-state index contributed by atoms with van der Waals surface area (Å²) in [7, 11) is 0. The van der Waals surface area contributed by atoms with Crippen molar-refractivity contribution < 1.29 is 4.74 Å². The minimum Gasteiger partial charge on any atom is -0.381 e. The van der Waals surface area contributed by atoms with Gasteiger partial charge in [0, 0.05) is 19.3 Å². The first-order valence-electron chi connectivity index (χ1n) is 6.24. The number of benzene rings is 1. The smallest absolute Gasteiger partial charge is 0.0468 e. The zero-order valence-corrected chi connectivity index (χ0v) is 9.77. The summed E-state index contributed by atoms with van der Waals surface area (Å²) in [5.74, 6) is 0.823. The molecule has 1 unspecified atom stereocenters. The topological polar surface area (TPSA) is 35.2 Å². The first kappa shape index (κ1) is 11.6. The van der Waals surface area contributed by atoms with Crippen molar-refractivity contribution in [3.05, 3.63) is 35.9 Å². The van der Waals surface area contributed by atoms with Gasteiger partial charge in [-0.2, -0.15) is 0 Å². The molecule has 1 atom stereocenters. The lowest BCUT2D eigenvalue weighted by molar-refractivity contribution is 0.0627. The molecule has 0 bridgehead atoms. The number of nitrogens with two attached hydrogens (primary N) is 1. The Kier molecular flexibility index (Phi) is 4.37. The second-order valence-corrected chi connectivity index (χ2v) is 4.65. The third kappa shape index (κ3) is 3.32. The monoisotopic (exact) mass is 219 g/mol. The Morgan fingerprint density at radius 1 is 1.19 bits per heavy atom. The minimum atomic E-state index is 0.198. The van der Waals surface area contributed by atoms with Crippen LogP contribution in [0.15, 0.2) is 30.3 Å². The molecule has 2 rings (SSSR count). The Morgan fingerprint density at radius 2 is 1.88 bits per heavy atom. The van der Waals surface area contributed by atoms with Gasteiger partial charge < -0.3 is 10.5 Å². The summed E-state index contributed by atoms with van der Waals surface area (Å²) >= 11 is 0. The molecule has 1 aromatic carbocycles. The van der Waals surface area contributed by atoms with Crippen LogP contribution in [0.3, 0.4) is 0 Å². The SMILES string of the molecule is NC(CCC1CCOCC1)c1ccccc1. The molecule has 0 aromatic heterocycles. The van der Waals surface area contributed by atoms with Crippen LogP contribution in [-0.4, -0.2) is 13.2 Å². The van der Waals surface area contributed by atoms with Crippen LogP contribution >= 0.6 is 0 Å². The van der Waals surface area contributed by atoms with Crippen molar-refractivity contribution in [1.29, 1.82) is 0 Å². The molecule has 0 spiro atoms. The van der Waals surface area contributed by atoms with Crippen molar-refractivity contribution >= 4 is 0 Å². The van der Waals surface area contributed by atoms with Crippen LogP contribution in [-0.2, 0) is 4.74 Å². The van der Waals surface area contributed by atoms with E-state index in [9.17, 15) is 0 Å². The van der Waals surface area contributed by atoms with E-state index in [-0.39, 0.29) is 6.04 Å². The summed E-state index contributed by atoms with van der Waals surface area (Å²) in [5.41, 5.74) is 7.44. The molecule has 1 aromatic rings. The van der Waals surface area contributed by atoms with Gasteiger partial charge in [-0.05, 0) is 37.2 Å². The van der Waals surface area contributed by atoms with Crippen LogP contribution in [0, 0.1) is 5.92 Å².